The highest BCUT2D eigenvalue weighted by Gasteiger charge is 2.39. The van der Waals surface area contributed by atoms with E-state index in [9.17, 15) is 14.7 Å². The van der Waals surface area contributed by atoms with Gasteiger partial charge in [0.1, 0.15) is 16.5 Å². The van der Waals surface area contributed by atoms with E-state index in [1.807, 2.05) is 0 Å². The summed E-state index contributed by atoms with van der Waals surface area (Å²) in [5.74, 6) is -0.529. The lowest BCUT2D eigenvalue weighted by Crippen LogP contribution is -2.47. The summed E-state index contributed by atoms with van der Waals surface area (Å²) >= 11 is 13.0. The first-order valence-corrected chi connectivity index (χ1v) is 12.0. The van der Waals surface area contributed by atoms with Crippen molar-refractivity contribution < 1.29 is 28.9 Å². The van der Waals surface area contributed by atoms with Gasteiger partial charge in [-0.2, -0.15) is 0 Å². The van der Waals surface area contributed by atoms with Crippen molar-refractivity contribution in [3.63, 3.8) is 0 Å². The number of nitrogens with one attached hydrogen (secondary N) is 1. The fourth-order valence-corrected chi connectivity index (χ4v) is 4.93. The van der Waals surface area contributed by atoms with Gasteiger partial charge in [0.2, 0.25) is 0 Å². The molecule has 0 spiro atoms. The summed E-state index contributed by atoms with van der Waals surface area (Å²) in [7, 11) is 1.78. The van der Waals surface area contributed by atoms with E-state index in [1.54, 1.807) is 35.9 Å². The Morgan fingerprint density at radius 3 is 2.51 bits per heavy atom. The number of halogens is 2. The van der Waals surface area contributed by atoms with E-state index >= 15 is 0 Å². The number of ether oxygens (including phenoxy) is 3. The summed E-state index contributed by atoms with van der Waals surface area (Å²) in [6.07, 6.45) is 0.560. The van der Waals surface area contributed by atoms with Crippen LogP contribution in [0.15, 0.2) is 36.4 Å². The highest BCUT2D eigenvalue weighted by molar-refractivity contribution is 6.46. The number of aryl methyl sites for hydroxylation is 1. The molecule has 3 heterocycles. The molecule has 1 amide bonds. The van der Waals surface area contributed by atoms with E-state index in [4.69, 9.17) is 37.4 Å². The topological polar surface area (TPSA) is 99.0 Å². The molecule has 0 aliphatic carbocycles. The quantitative estimate of drug-likeness (QED) is 0.484. The Bertz CT molecular complexity index is 1290. The first-order chi connectivity index (χ1) is 16.8. The van der Waals surface area contributed by atoms with Crippen LogP contribution < -0.4 is 10.1 Å². The van der Waals surface area contributed by atoms with Crippen LogP contribution in [0.5, 0.6) is 5.75 Å². The monoisotopic (exact) mass is 518 g/mol. The lowest BCUT2D eigenvalue weighted by atomic mass is 9.88. The molecule has 8 nitrogen and oxygen atoms in total. The molecule has 0 saturated carbocycles. The molecule has 3 aromatic rings. The van der Waals surface area contributed by atoms with Crippen molar-refractivity contribution in [2.75, 3.05) is 33.0 Å². The smallest absolute Gasteiger partial charge is 0.335 e. The summed E-state index contributed by atoms with van der Waals surface area (Å²) in [5.41, 5.74) is 1.30. The summed E-state index contributed by atoms with van der Waals surface area (Å²) in [4.78, 5) is 24.7. The van der Waals surface area contributed by atoms with Crippen LogP contribution in [0.25, 0.3) is 10.9 Å². The van der Waals surface area contributed by atoms with E-state index in [0.29, 0.717) is 71.2 Å². The minimum absolute atomic E-state index is 0.178. The second kappa shape index (κ2) is 9.35. The van der Waals surface area contributed by atoms with Crippen LogP contribution >= 0.6 is 23.2 Å². The van der Waals surface area contributed by atoms with Gasteiger partial charge in [0.05, 0.1) is 48.1 Å². The van der Waals surface area contributed by atoms with Crippen LogP contribution in [0, 0.1) is 5.92 Å². The molecule has 2 saturated heterocycles. The number of hydrogen-bond acceptors (Lipinski definition) is 5. The number of carbonyl (C=O) groups excluding carboxylic acids is 1. The standard InChI is InChI=1S/C25H24Cl2N2O6/c1-29-18-9-20(35-12-14-10-34-11-14)22(27)21(26)17(18)8-19(29)23(30)28-25(6-7-33-13-25)16-4-2-15(3-5-16)24(31)32/h2-5,8-9,14H,6-7,10-13H2,1H3,(H,28,30)(H,31,32). The van der Waals surface area contributed by atoms with Crippen LogP contribution in [-0.4, -0.2) is 54.6 Å². The van der Waals surface area contributed by atoms with E-state index < -0.39 is 11.5 Å². The molecule has 2 aliphatic heterocycles. The summed E-state index contributed by atoms with van der Waals surface area (Å²) in [6, 6.07) is 9.98. The Hall–Kier alpha value is -2.78. The fraction of sp³-hybridized carbons (Fsp3) is 0.360. The van der Waals surface area contributed by atoms with Gasteiger partial charge in [0.15, 0.2) is 0 Å². The van der Waals surface area contributed by atoms with E-state index in [2.05, 4.69) is 5.32 Å². The number of benzene rings is 2. The predicted molar refractivity (Wildman–Crippen MR) is 131 cm³/mol. The highest BCUT2D eigenvalue weighted by atomic mass is 35.5. The maximum atomic E-state index is 13.5. The van der Waals surface area contributed by atoms with E-state index in [-0.39, 0.29) is 18.1 Å². The molecule has 1 unspecified atom stereocenters. The van der Waals surface area contributed by atoms with Gasteiger partial charge in [-0.1, -0.05) is 35.3 Å². The molecule has 1 aromatic heterocycles. The van der Waals surface area contributed by atoms with Gasteiger partial charge in [0.25, 0.3) is 5.91 Å². The molecular formula is C25H24Cl2N2O6. The molecule has 2 aromatic carbocycles. The molecule has 10 heteroatoms. The van der Waals surface area contributed by atoms with Crippen molar-refractivity contribution in [3.05, 3.63) is 63.3 Å². The number of hydrogen-bond donors (Lipinski definition) is 2. The maximum absolute atomic E-state index is 13.5. The van der Waals surface area contributed by atoms with Gasteiger partial charge in [0, 0.05) is 37.4 Å². The van der Waals surface area contributed by atoms with Crippen LogP contribution in [-0.2, 0) is 22.1 Å². The Balaban J connectivity index is 1.44. The minimum atomic E-state index is -1.01. The molecule has 2 fully saturated rings. The van der Waals surface area contributed by atoms with Crippen molar-refractivity contribution >= 4 is 46.0 Å². The fourth-order valence-electron chi connectivity index (χ4n) is 4.47. The van der Waals surface area contributed by atoms with Gasteiger partial charge in [-0.25, -0.2) is 4.79 Å². The average Bonchev–Trinajstić information content (AvgIpc) is 3.41. The number of carbonyl (C=O) groups is 2. The summed E-state index contributed by atoms with van der Waals surface area (Å²) < 4.78 is 18.5. The first kappa shape index (κ1) is 23.9. The zero-order chi connectivity index (χ0) is 24.7. The zero-order valence-electron chi connectivity index (χ0n) is 19.0. The van der Waals surface area contributed by atoms with Gasteiger partial charge in [-0.15, -0.1) is 0 Å². The average molecular weight is 519 g/mol. The Labute approximate surface area is 211 Å². The third-order valence-corrected chi connectivity index (χ3v) is 7.53. The first-order valence-electron chi connectivity index (χ1n) is 11.2. The zero-order valence-corrected chi connectivity index (χ0v) is 20.5. The van der Waals surface area contributed by atoms with Crippen molar-refractivity contribution in [3.8, 4) is 5.75 Å². The molecule has 184 valence electrons. The largest absolute Gasteiger partial charge is 0.491 e. The number of fused-ring (bicyclic) bond motifs is 1. The number of aromatic nitrogens is 1. The molecule has 1 atom stereocenters. The molecule has 35 heavy (non-hydrogen) atoms. The van der Waals surface area contributed by atoms with E-state index in [1.165, 1.54) is 12.1 Å². The third-order valence-electron chi connectivity index (χ3n) is 6.67. The SMILES string of the molecule is Cn1c(C(=O)NC2(c3ccc(C(=O)O)cc3)CCOC2)cc2c(Cl)c(Cl)c(OCC3COC3)cc21. The van der Waals surface area contributed by atoms with Crippen molar-refractivity contribution in [1.82, 2.24) is 9.88 Å². The molecule has 2 aliphatic rings. The second-order valence-corrected chi connectivity index (χ2v) is 9.72. The number of carboxylic acid groups (broad SMARTS) is 1. The van der Waals surface area contributed by atoms with Gasteiger partial charge in [-0.05, 0) is 23.8 Å². The van der Waals surface area contributed by atoms with Crippen LogP contribution in [0.2, 0.25) is 10.0 Å². The Morgan fingerprint density at radius 2 is 1.91 bits per heavy atom. The molecule has 0 radical (unpaired) electrons. The molecular weight excluding hydrogens is 495 g/mol. The molecule has 2 N–H and O–H groups in total. The summed E-state index contributed by atoms with van der Waals surface area (Å²) in [5, 5.41) is 13.6. The van der Waals surface area contributed by atoms with Crippen molar-refractivity contribution in [1.29, 1.82) is 0 Å². The normalized spacial score (nSPS) is 20.1. The number of aromatic carboxylic acids is 1. The number of rotatable bonds is 7. The Morgan fingerprint density at radius 1 is 1.17 bits per heavy atom. The van der Waals surface area contributed by atoms with Crippen molar-refractivity contribution in [2.45, 2.75) is 12.0 Å². The van der Waals surface area contributed by atoms with Crippen LogP contribution in [0.3, 0.4) is 0 Å². The highest BCUT2D eigenvalue weighted by Crippen LogP contribution is 2.40. The minimum Gasteiger partial charge on any atom is -0.491 e. The predicted octanol–water partition coefficient (Wildman–Crippen LogP) is 4.25. The molecule has 0 bridgehead atoms. The number of nitrogens with zero attached hydrogens (tertiary/aromatic N) is 1. The van der Waals surface area contributed by atoms with Crippen LogP contribution in [0.4, 0.5) is 0 Å². The van der Waals surface area contributed by atoms with Crippen LogP contribution in [0.1, 0.15) is 32.8 Å². The van der Waals surface area contributed by atoms with Gasteiger partial charge in [-0.3, -0.25) is 4.79 Å². The number of amides is 1. The lowest BCUT2D eigenvalue weighted by Gasteiger charge is -2.29. The van der Waals surface area contributed by atoms with Gasteiger partial charge < -0.3 is 29.2 Å². The lowest BCUT2D eigenvalue weighted by molar-refractivity contribution is -0.0508. The Kier molecular flexibility index (Phi) is 6.40. The van der Waals surface area contributed by atoms with E-state index in [0.717, 1.165) is 5.56 Å². The maximum Gasteiger partial charge on any atom is 0.335 e. The van der Waals surface area contributed by atoms with Gasteiger partial charge >= 0.3 is 5.97 Å². The number of carboxylic acids is 1. The second-order valence-electron chi connectivity index (χ2n) is 8.96. The molecule has 5 rings (SSSR count). The summed E-state index contributed by atoms with van der Waals surface area (Å²) in [6.45, 7) is 2.55. The third kappa shape index (κ3) is 4.36. The van der Waals surface area contributed by atoms with Crippen molar-refractivity contribution in [2.24, 2.45) is 13.0 Å².